The lowest BCUT2D eigenvalue weighted by atomic mass is 10.0. The molecule has 0 unspecified atom stereocenters. The molecule has 0 heterocycles. The molecule has 0 radical (unpaired) electrons. The Balaban J connectivity index is 4.32. The van der Waals surface area contributed by atoms with Crippen LogP contribution in [0.5, 0.6) is 0 Å². The van der Waals surface area contributed by atoms with Crippen molar-refractivity contribution < 1.29 is 35.0 Å². The normalized spacial score (nSPS) is 23.3. The lowest BCUT2D eigenvalue weighted by Gasteiger charge is -2.28. The first-order valence-corrected chi connectivity index (χ1v) is 3.54. The van der Waals surface area contributed by atoms with Gasteiger partial charge in [-0.2, -0.15) is 0 Å². The minimum absolute atomic E-state index is 0.903. The zero-order valence-electron chi connectivity index (χ0n) is 6.71. The van der Waals surface area contributed by atoms with Crippen molar-refractivity contribution in [1.82, 2.24) is 0 Å². The molecule has 0 aromatic rings. The Kier molecular flexibility index (Phi) is 4.68. The molecular formula is C6H13FO6. The second-order valence-corrected chi connectivity index (χ2v) is 2.66. The van der Waals surface area contributed by atoms with Gasteiger partial charge in [0.2, 0.25) is 0 Å². The first-order chi connectivity index (χ1) is 5.86. The van der Waals surface area contributed by atoms with Crippen LogP contribution < -0.4 is 0 Å². The molecule has 6 nitrogen and oxygen atoms in total. The van der Waals surface area contributed by atoms with Gasteiger partial charge < -0.3 is 30.6 Å². The molecule has 0 spiro atoms. The predicted octanol–water partition coefficient (Wildman–Crippen LogP) is -3.29. The number of hydrogen-bond acceptors (Lipinski definition) is 6. The van der Waals surface area contributed by atoms with Crippen LogP contribution in [0.15, 0.2) is 0 Å². The SMILES string of the molecule is OC[C@@H](O)[C@H](O)[C@@H](O)[C@@](O)(F)CO. The highest BCUT2D eigenvalue weighted by Crippen LogP contribution is 2.16. The van der Waals surface area contributed by atoms with Gasteiger partial charge in [0.15, 0.2) is 0 Å². The lowest BCUT2D eigenvalue weighted by Crippen LogP contribution is -2.53. The van der Waals surface area contributed by atoms with Crippen molar-refractivity contribution in [3.8, 4) is 0 Å². The molecule has 0 saturated heterocycles. The standard InChI is InChI=1S/C6H13FO6/c7-6(13,2-9)5(12)4(11)3(10)1-8/h3-5,8-13H,1-2H2/t3-,4+,5-,6-/m1/s1. The maximum atomic E-state index is 12.7. The number of aliphatic hydroxyl groups excluding tert-OH is 5. The second-order valence-electron chi connectivity index (χ2n) is 2.66. The number of hydrogen-bond donors (Lipinski definition) is 6. The van der Waals surface area contributed by atoms with Gasteiger partial charge in [-0.05, 0) is 0 Å². The van der Waals surface area contributed by atoms with Crippen LogP contribution in [0.4, 0.5) is 4.39 Å². The van der Waals surface area contributed by atoms with Crippen LogP contribution in [0.1, 0.15) is 0 Å². The predicted molar refractivity (Wildman–Crippen MR) is 38.2 cm³/mol. The van der Waals surface area contributed by atoms with Crippen LogP contribution in [0.25, 0.3) is 0 Å². The topological polar surface area (TPSA) is 121 Å². The van der Waals surface area contributed by atoms with Crippen molar-refractivity contribution in [2.75, 3.05) is 13.2 Å². The van der Waals surface area contributed by atoms with Gasteiger partial charge in [0.1, 0.15) is 24.9 Å². The Morgan fingerprint density at radius 1 is 1.15 bits per heavy atom. The molecule has 0 bridgehead atoms. The molecule has 0 fully saturated rings. The quantitative estimate of drug-likeness (QED) is 0.276. The first-order valence-electron chi connectivity index (χ1n) is 3.54. The van der Waals surface area contributed by atoms with Crippen molar-refractivity contribution in [3.63, 3.8) is 0 Å². The van der Waals surface area contributed by atoms with E-state index in [0.717, 1.165) is 0 Å². The summed E-state index contributed by atoms with van der Waals surface area (Å²) < 4.78 is 12.7. The van der Waals surface area contributed by atoms with E-state index in [4.69, 9.17) is 30.6 Å². The van der Waals surface area contributed by atoms with E-state index in [0.29, 0.717) is 0 Å². The molecule has 0 aliphatic carbocycles. The van der Waals surface area contributed by atoms with E-state index in [-0.39, 0.29) is 0 Å². The summed E-state index contributed by atoms with van der Waals surface area (Å²) in [6, 6.07) is 0. The summed E-state index contributed by atoms with van der Waals surface area (Å²) in [5.74, 6) is -3.41. The summed E-state index contributed by atoms with van der Waals surface area (Å²) >= 11 is 0. The van der Waals surface area contributed by atoms with Gasteiger partial charge in [-0.25, -0.2) is 4.39 Å². The molecule has 80 valence electrons. The summed E-state index contributed by atoms with van der Waals surface area (Å²) in [7, 11) is 0. The molecule has 0 rings (SSSR count). The van der Waals surface area contributed by atoms with Gasteiger partial charge in [-0.3, -0.25) is 0 Å². The Bertz CT molecular complexity index is 152. The minimum Gasteiger partial charge on any atom is -0.394 e. The smallest absolute Gasteiger partial charge is 0.258 e. The molecule has 0 aromatic carbocycles. The van der Waals surface area contributed by atoms with E-state index < -0.39 is 37.4 Å². The average molecular weight is 200 g/mol. The molecule has 13 heavy (non-hydrogen) atoms. The van der Waals surface area contributed by atoms with E-state index in [9.17, 15) is 4.39 Å². The molecule has 0 saturated carbocycles. The zero-order chi connectivity index (χ0) is 10.6. The minimum atomic E-state index is -3.41. The lowest BCUT2D eigenvalue weighted by molar-refractivity contribution is -0.231. The summed E-state index contributed by atoms with van der Waals surface area (Å²) in [6.07, 6.45) is -6.25. The van der Waals surface area contributed by atoms with Crippen LogP contribution >= 0.6 is 0 Å². The van der Waals surface area contributed by atoms with E-state index in [1.165, 1.54) is 0 Å². The largest absolute Gasteiger partial charge is 0.394 e. The summed E-state index contributed by atoms with van der Waals surface area (Å²) in [5, 5.41) is 51.6. The molecule has 0 aromatic heterocycles. The summed E-state index contributed by atoms with van der Waals surface area (Å²) in [6.45, 7) is -2.33. The Labute approximate surface area is 73.5 Å². The fourth-order valence-corrected chi connectivity index (χ4v) is 0.674. The summed E-state index contributed by atoms with van der Waals surface area (Å²) in [5.41, 5.74) is 0. The Hall–Kier alpha value is -0.310. The number of alkyl halides is 1. The zero-order valence-corrected chi connectivity index (χ0v) is 6.71. The Morgan fingerprint density at radius 2 is 1.62 bits per heavy atom. The van der Waals surface area contributed by atoms with Crippen molar-refractivity contribution in [1.29, 1.82) is 0 Å². The maximum Gasteiger partial charge on any atom is 0.258 e. The monoisotopic (exact) mass is 200 g/mol. The molecular weight excluding hydrogens is 187 g/mol. The third-order valence-electron chi connectivity index (χ3n) is 1.58. The van der Waals surface area contributed by atoms with Gasteiger partial charge in [0.25, 0.3) is 5.85 Å². The van der Waals surface area contributed by atoms with Crippen LogP contribution in [-0.2, 0) is 0 Å². The van der Waals surface area contributed by atoms with E-state index in [1.54, 1.807) is 0 Å². The van der Waals surface area contributed by atoms with Gasteiger partial charge in [-0.1, -0.05) is 0 Å². The van der Waals surface area contributed by atoms with Gasteiger partial charge in [0, 0.05) is 0 Å². The van der Waals surface area contributed by atoms with Gasteiger partial charge in [-0.15, -0.1) is 0 Å². The second kappa shape index (κ2) is 4.80. The van der Waals surface area contributed by atoms with Crippen LogP contribution in [0, 0.1) is 0 Å². The van der Waals surface area contributed by atoms with Crippen molar-refractivity contribution in [3.05, 3.63) is 0 Å². The number of halogens is 1. The van der Waals surface area contributed by atoms with Crippen LogP contribution in [-0.4, -0.2) is 68.0 Å². The molecule has 6 N–H and O–H groups in total. The van der Waals surface area contributed by atoms with Crippen molar-refractivity contribution in [2.45, 2.75) is 24.2 Å². The van der Waals surface area contributed by atoms with Gasteiger partial charge in [0.05, 0.1) is 6.61 Å². The molecule has 0 aliphatic rings. The highest BCUT2D eigenvalue weighted by Gasteiger charge is 2.42. The highest BCUT2D eigenvalue weighted by molar-refractivity contribution is 4.85. The highest BCUT2D eigenvalue weighted by atomic mass is 19.2. The third-order valence-corrected chi connectivity index (χ3v) is 1.58. The average Bonchev–Trinajstić information content (AvgIpc) is 2.14. The molecule has 7 heteroatoms. The number of aliphatic hydroxyl groups is 6. The molecule has 0 amide bonds. The van der Waals surface area contributed by atoms with Crippen molar-refractivity contribution in [2.24, 2.45) is 0 Å². The molecule has 4 atom stereocenters. The summed E-state index contributed by atoms with van der Waals surface area (Å²) in [4.78, 5) is 0. The molecule has 0 aliphatic heterocycles. The Morgan fingerprint density at radius 3 is 1.92 bits per heavy atom. The first kappa shape index (κ1) is 12.7. The van der Waals surface area contributed by atoms with Crippen molar-refractivity contribution >= 4 is 0 Å². The van der Waals surface area contributed by atoms with Crippen LogP contribution in [0.3, 0.4) is 0 Å². The van der Waals surface area contributed by atoms with Crippen LogP contribution in [0.2, 0.25) is 0 Å². The van der Waals surface area contributed by atoms with E-state index in [1.807, 2.05) is 0 Å². The van der Waals surface area contributed by atoms with Gasteiger partial charge >= 0.3 is 0 Å². The van der Waals surface area contributed by atoms with E-state index >= 15 is 0 Å². The fourth-order valence-electron chi connectivity index (χ4n) is 0.674. The van der Waals surface area contributed by atoms with E-state index in [2.05, 4.69) is 0 Å². The third kappa shape index (κ3) is 3.14. The number of rotatable bonds is 5. The fraction of sp³-hybridized carbons (Fsp3) is 1.00. The maximum absolute atomic E-state index is 12.7.